The van der Waals surface area contributed by atoms with Crippen molar-refractivity contribution in [2.24, 2.45) is 34.0 Å². The Bertz CT molecular complexity index is 1090. The molecule has 4 aliphatic rings. The number of benzene rings is 1. The summed E-state index contributed by atoms with van der Waals surface area (Å²) in [4.78, 5) is 24.8. The standard InChI is InChI=1S/C31H42O5/c1-19-6-8-21(9-7-19)26(27(33)34)36-31(35)17-16-28(3)22(18-31)10-11-23-24(28)12-15-30(5)25(23)13-14-29(30,4)20(2)32/h6-10,23-26,35H,11-18H2,1-5H3,(H,33,34)/t23-,24+,25+,26?,28+,29-,30+,31-/m1/s1. The number of rotatable bonds is 5. The number of ether oxygens (including phenoxy) is 1. The zero-order valence-electron chi connectivity index (χ0n) is 22.5. The second kappa shape index (κ2) is 8.52. The molecule has 0 saturated heterocycles. The van der Waals surface area contributed by atoms with Crippen LogP contribution in [-0.4, -0.2) is 27.8 Å². The first kappa shape index (κ1) is 25.7. The summed E-state index contributed by atoms with van der Waals surface area (Å²) in [5.41, 5.74) is 2.64. The molecule has 1 unspecified atom stereocenters. The molecule has 0 spiro atoms. The molecule has 3 saturated carbocycles. The highest BCUT2D eigenvalue weighted by Gasteiger charge is 2.64. The van der Waals surface area contributed by atoms with Crippen LogP contribution in [0.25, 0.3) is 0 Å². The molecule has 0 radical (unpaired) electrons. The number of carboxylic acids is 1. The molecule has 8 atom stereocenters. The van der Waals surface area contributed by atoms with E-state index in [1.54, 1.807) is 19.1 Å². The molecule has 0 amide bonds. The number of aryl methyl sites for hydroxylation is 1. The Morgan fingerprint density at radius 3 is 2.31 bits per heavy atom. The minimum Gasteiger partial charge on any atom is -0.479 e. The molecular formula is C31H42O5. The van der Waals surface area contributed by atoms with Crippen molar-refractivity contribution in [1.82, 2.24) is 0 Å². The quantitative estimate of drug-likeness (QED) is 0.366. The van der Waals surface area contributed by atoms with E-state index in [1.807, 2.05) is 19.1 Å². The Morgan fingerprint density at radius 2 is 1.67 bits per heavy atom. The maximum absolute atomic E-state index is 12.7. The molecule has 1 aromatic rings. The van der Waals surface area contributed by atoms with Gasteiger partial charge in [0.1, 0.15) is 5.78 Å². The lowest BCUT2D eigenvalue weighted by atomic mass is 9.45. The van der Waals surface area contributed by atoms with Crippen LogP contribution in [0.3, 0.4) is 0 Å². The normalized spacial score (nSPS) is 42.5. The van der Waals surface area contributed by atoms with Gasteiger partial charge in [-0.3, -0.25) is 4.79 Å². The lowest BCUT2D eigenvalue weighted by Gasteiger charge is -2.60. The summed E-state index contributed by atoms with van der Waals surface area (Å²) in [7, 11) is 0. The highest BCUT2D eigenvalue weighted by molar-refractivity contribution is 5.83. The van der Waals surface area contributed by atoms with Crippen LogP contribution in [0.15, 0.2) is 35.9 Å². The minimum absolute atomic E-state index is 0.0162. The average molecular weight is 495 g/mol. The Balaban J connectivity index is 1.38. The van der Waals surface area contributed by atoms with Crippen molar-refractivity contribution in [2.75, 3.05) is 0 Å². The number of Topliss-reactive ketones (excluding diaryl/α,β-unsaturated/α-hetero) is 1. The van der Waals surface area contributed by atoms with Crippen molar-refractivity contribution < 1.29 is 24.5 Å². The number of ketones is 1. The van der Waals surface area contributed by atoms with Crippen LogP contribution in [0, 0.1) is 40.9 Å². The fraction of sp³-hybridized carbons (Fsp3) is 0.677. The third-order valence-corrected chi connectivity index (χ3v) is 11.5. The molecular weight excluding hydrogens is 452 g/mol. The topological polar surface area (TPSA) is 83.8 Å². The molecule has 2 N–H and O–H groups in total. The van der Waals surface area contributed by atoms with Crippen molar-refractivity contribution in [2.45, 2.75) is 97.9 Å². The Kier molecular flexibility index (Phi) is 6.08. The third kappa shape index (κ3) is 3.72. The molecule has 0 bridgehead atoms. The summed E-state index contributed by atoms with van der Waals surface area (Å²) in [6.07, 6.45) is 7.95. The Hall–Kier alpha value is -1.98. The van der Waals surface area contributed by atoms with Gasteiger partial charge in [0.25, 0.3) is 0 Å². The van der Waals surface area contributed by atoms with Gasteiger partial charge in [-0.2, -0.15) is 0 Å². The maximum Gasteiger partial charge on any atom is 0.337 e. The highest BCUT2D eigenvalue weighted by Crippen LogP contribution is 2.70. The monoisotopic (exact) mass is 494 g/mol. The summed E-state index contributed by atoms with van der Waals surface area (Å²) in [5.74, 6) is -0.595. The van der Waals surface area contributed by atoms with Crippen molar-refractivity contribution >= 4 is 11.8 Å². The summed E-state index contributed by atoms with van der Waals surface area (Å²) in [5, 5.41) is 21.4. The van der Waals surface area contributed by atoms with Gasteiger partial charge in [-0.05, 0) is 86.5 Å². The molecule has 5 rings (SSSR count). The van der Waals surface area contributed by atoms with Crippen molar-refractivity contribution in [3.63, 3.8) is 0 Å². The first-order valence-electron chi connectivity index (χ1n) is 13.7. The van der Waals surface area contributed by atoms with Crippen molar-refractivity contribution in [3.8, 4) is 0 Å². The third-order valence-electron chi connectivity index (χ3n) is 11.5. The zero-order valence-corrected chi connectivity index (χ0v) is 22.5. The van der Waals surface area contributed by atoms with Gasteiger partial charge in [0.05, 0.1) is 0 Å². The highest BCUT2D eigenvalue weighted by atomic mass is 16.6. The number of aliphatic carboxylic acids is 1. The van der Waals surface area contributed by atoms with Crippen LogP contribution in [0.1, 0.15) is 96.3 Å². The van der Waals surface area contributed by atoms with Gasteiger partial charge in [-0.25, -0.2) is 4.79 Å². The van der Waals surface area contributed by atoms with E-state index < -0.39 is 17.9 Å². The predicted octanol–water partition coefficient (Wildman–Crippen LogP) is 6.38. The smallest absolute Gasteiger partial charge is 0.337 e. The second-order valence-corrected chi connectivity index (χ2v) is 13.0. The summed E-state index contributed by atoms with van der Waals surface area (Å²) in [6, 6.07) is 7.28. The molecule has 1 aromatic carbocycles. The van der Waals surface area contributed by atoms with E-state index in [1.165, 1.54) is 5.57 Å². The number of fused-ring (bicyclic) bond motifs is 5. The summed E-state index contributed by atoms with van der Waals surface area (Å²) >= 11 is 0. The van der Waals surface area contributed by atoms with E-state index in [0.29, 0.717) is 41.9 Å². The van der Waals surface area contributed by atoms with Crippen molar-refractivity contribution in [3.05, 3.63) is 47.0 Å². The van der Waals surface area contributed by atoms with Gasteiger partial charge in [-0.15, -0.1) is 0 Å². The van der Waals surface area contributed by atoms with E-state index in [-0.39, 0.29) is 16.2 Å². The van der Waals surface area contributed by atoms with Gasteiger partial charge in [0.2, 0.25) is 0 Å². The number of carbonyl (C=O) groups excluding carboxylic acids is 1. The van der Waals surface area contributed by atoms with E-state index >= 15 is 0 Å². The van der Waals surface area contributed by atoms with Gasteiger partial charge < -0.3 is 14.9 Å². The maximum atomic E-state index is 12.7. The lowest BCUT2D eigenvalue weighted by molar-refractivity contribution is -0.252. The zero-order chi connectivity index (χ0) is 26.1. The molecule has 4 aliphatic carbocycles. The Morgan fingerprint density at radius 1 is 1.00 bits per heavy atom. The number of allylic oxidation sites excluding steroid dienone is 1. The largest absolute Gasteiger partial charge is 0.479 e. The number of hydrogen-bond donors (Lipinski definition) is 2. The predicted molar refractivity (Wildman–Crippen MR) is 138 cm³/mol. The minimum atomic E-state index is -1.49. The summed E-state index contributed by atoms with van der Waals surface area (Å²) in [6.45, 7) is 10.7. The van der Waals surface area contributed by atoms with E-state index in [0.717, 1.165) is 44.1 Å². The van der Waals surface area contributed by atoms with Gasteiger partial charge >= 0.3 is 5.97 Å². The molecule has 0 aromatic heterocycles. The van der Waals surface area contributed by atoms with E-state index in [4.69, 9.17) is 4.74 Å². The van der Waals surface area contributed by atoms with Crippen LogP contribution in [-0.2, 0) is 14.3 Å². The van der Waals surface area contributed by atoms with E-state index in [2.05, 4.69) is 26.8 Å². The van der Waals surface area contributed by atoms with Crippen LogP contribution in [0.2, 0.25) is 0 Å². The second-order valence-electron chi connectivity index (χ2n) is 13.0. The van der Waals surface area contributed by atoms with E-state index in [9.17, 15) is 19.8 Å². The van der Waals surface area contributed by atoms with Gasteiger partial charge in [-0.1, -0.05) is 62.2 Å². The molecule has 0 aliphatic heterocycles. The first-order chi connectivity index (χ1) is 16.8. The number of hydrogen-bond acceptors (Lipinski definition) is 4. The molecule has 0 heterocycles. The fourth-order valence-corrected chi connectivity index (χ4v) is 8.79. The van der Waals surface area contributed by atoms with Crippen LogP contribution in [0.5, 0.6) is 0 Å². The molecule has 5 heteroatoms. The van der Waals surface area contributed by atoms with Crippen LogP contribution >= 0.6 is 0 Å². The van der Waals surface area contributed by atoms with Gasteiger partial charge in [0.15, 0.2) is 11.9 Å². The van der Waals surface area contributed by atoms with Gasteiger partial charge in [0, 0.05) is 18.3 Å². The van der Waals surface area contributed by atoms with Crippen LogP contribution in [0.4, 0.5) is 0 Å². The molecule has 5 nitrogen and oxygen atoms in total. The Labute approximate surface area is 215 Å². The molecule has 196 valence electrons. The number of carbonyl (C=O) groups is 2. The fourth-order valence-electron chi connectivity index (χ4n) is 8.79. The summed E-state index contributed by atoms with van der Waals surface area (Å²) < 4.78 is 6.01. The average Bonchev–Trinajstić information content (AvgIpc) is 3.11. The lowest BCUT2D eigenvalue weighted by Crippen LogP contribution is -2.54. The van der Waals surface area contributed by atoms with Crippen molar-refractivity contribution in [1.29, 1.82) is 0 Å². The number of carboxylic acid groups (broad SMARTS) is 1. The molecule has 3 fully saturated rings. The SMILES string of the molecule is CC(=O)[C@@]1(C)CC[C@H]2[C@@H]3CC=C4C[C@](O)(OC(C(=O)O)c5ccc(C)cc5)CC[C@]4(C)[C@H]3CC[C@@]21C. The van der Waals surface area contributed by atoms with Crippen LogP contribution < -0.4 is 0 Å². The first-order valence-corrected chi connectivity index (χ1v) is 13.7. The number of aliphatic hydroxyl groups is 1. The molecule has 36 heavy (non-hydrogen) atoms.